The molecule has 1 aliphatic heterocycles. The van der Waals surface area contributed by atoms with Crippen LogP contribution in [0.1, 0.15) is 30.4 Å². The molecule has 9 heteroatoms. The number of alkyl halides is 3. The van der Waals surface area contributed by atoms with E-state index in [9.17, 15) is 18.0 Å². The molecule has 0 radical (unpaired) electrons. The Morgan fingerprint density at radius 2 is 1.94 bits per heavy atom. The van der Waals surface area contributed by atoms with Crippen molar-refractivity contribution in [1.29, 1.82) is 0 Å². The molecule has 1 fully saturated rings. The van der Waals surface area contributed by atoms with E-state index in [4.69, 9.17) is 0 Å². The van der Waals surface area contributed by atoms with Crippen LogP contribution in [0.25, 0.3) is 5.65 Å². The van der Waals surface area contributed by atoms with Gasteiger partial charge >= 0.3 is 6.18 Å². The smallest absolute Gasteiger partial charge is 0.356 e. The number of hydrogen-bond donors (Lipinski definition) is 1. The number of nitrogens with zero attached hydrogens (tertiary/aromatic N) is 4. The van der Waals surface area contributed by atoms with Crippen LogP contribution in [0.3, 0.4) is 0 Å². The van der Waals surface area contributed by atoms with Crippen molar-refractivity contribution in [2.24, 2.45) is 5.92 Å². The standard InChI is InChI=1S/C22H24F3N5O/c23-22(24,25)18-10-11-19-27-28-21(30(19)15-18)29-13-5-9-17(14-29)20(31)26-12-4-8-16-6-2-1-3-7-16/h1-3,6-7,10-11,15,17H,4-5,8-9,12-14H2,(H,26,31). The number of aromatic nitrogens is 3. The molecule has 3 heterocycles. The van der Waals surface area contributed by atoms with E-state index in [2.05, 4.69) is 27.6 Å². The summed E-state index contributed by atoms with van der Waals surface area (Å²) in [5, 5.41) is 11.1. The van der Waals surface area contributed by atoms with Gasteiger partial charge in [0.2, 0.25) is 11.9 Å². The summed E-state index contributed by atoms with van der Waals surface area (Å²) in [4.78, 5) is 14.5. The number of fused-ring (bicyclic) bond motifs is 1. The number of benzene rings is 1. The Labute approximate surface area is 178 Å². The van der Waals surface area contributed by atoms with Gasteiger partial charge in [0.1, 0.15) is 0 Å². The minimum Gasteiger partial charge on any atom is -0.356 e. The number of hydrogen-bond acceptors (Lipinski definition) is 4. The van der Waals surface area contributed by atoms with E-state index in [1.54, 1.807) is 0 Å². The van der Waals surface area contributed by atoms with Crippen LogP contribution in [0.2, 0.25) is 0 Å². The molecule has 1 N–H and O–H groups in total. The minimum absolute atomic E-state index is 0.0254. The Morgan fingerprint density at radius 3 is 2.71 bits per heavy atom. The molecular weight excluding hydrogens is 407 g/mol. The van der Waals surface area contributed by atoms with Gasteiger partial charge in [-0.25, -0.2) is 0 Å². The van der Waals surface area contributed by atoms with E-state index in [1.165, 1.54) is 16.0 Å². The van der Waals surface area contributed by atoms with Crippen LogP contribution in [0, 0.1) is 5.92 Å². The maximum absolute atomic E-state index is 13.1. The number of carbonyl (C=O) groups is 1. The number of amides is 1. The summed E-state index contributed by atoms with van der Waals surface area (Å²) >= 11 is 0. The van der Waals surface area contributed by atoms with Crippen LogP contribution in [0.15, 0.2) is 48.7 Å². The van der Waals surface area contributed by atoms with Crippen molar-refractivity contribution < 1.29 is 18.0 Å². The molecular formula is C22H24F3N5O. The average Bonchev–Trinajstić information content (AvgIpc) is 3.20. The molecule has 1 aliphatic rings. The molecule has 0 bridgehead atoms. The zero-order valence-electron chi connectivity index (χ0n) is 17.0. The summed E-state index contributed by atoms with van der Waals surface area (Å²) in [7, 11) is 0. The third kappa shape index (κ3) is 4.98. The Morgan fingerprint density at radius 1 is 1.13 bits per heavy atom. The Hall–Kier alpha value is -3.10. The largest absolute Gasteiger partial charge is 0.417 e. The minimum atomic E-state index is -4.44. The van der Waals surface area contributed by atoms with Gasteiger partial charge in [-0.2, -0.15) is 13.2 Å². The maximum atomic E-state index is 13.1. The number of halogens is 3. The highest BCUT2D eigenvalue weighted by molar-refractivity contribution is 5.79. The van der Waals surface area contributed by atoms with Crippen LogP contribution in [0.5, 0.6) is 0 Å². The molecule has 3 aromatic rings. The quantitative estimate of drug-likeness (QED) is 0.605. The third-order valence-electron chi connectivity index (χ3n) is 5.57. The summed E-state index contributed by atoms with van der Waals surface area (Å²) in [6.45, 7) is 1.61. The highest BCUT2D eigenvalue weighted by Gasteiger charge is 2.32. The lowest BCUT2D eigenvalue weighted by molar-refractivity contribution is -0.137. The second-order valence-corrected chi connectivity index (χ2v) is 7.81. The number of nitrogens with one attached hydrogen (secondary N) is 1. The lowest BCUT2D eigenvalue weighted by Gasteiger charge is -2.32. The van der Waals surface area contributed by atoms with Crippen LogP contribution in [0.4, 0.5) is 19.1 Å². The van der Waals surface area contributed by atoms with Crippen molar-refractivity contribution in [1.82, 2.24) is 19.9 Å². The molecule has 1 atom stereocenters. The fourth-order valence-electron chi connectivity index (χ4n) is 3.93. The summed E-state index contributed by atoms with van der Waals surface area (Å²) in [6, 6.07) is 12.4. The Kier molecular flexibility index (Phi) is 6.11. The Balaban J connectivity index is 1.37. The number of pyridine rings is 1. The molecule has 6 nitrogen and oxygen atoms in total. The summed E-state index contributed by atoms with van der Waals surface area (Å²) in [5.41, 5.74) is 0.818. The summed E-state index contributed by atoms with van der Waals surface area (Å²) in [6.07, 6.45) is -0.189. The van der Waals surface area contributed by atoms with E-state index < -0.39 is 11.7 Å². The van der Waals surface area contributed by atoms with Crippen molar-refractivity contribution in [2.45, 2.75) is 31.9 Å². The molecule has 0 saturated carbocycles. The first-order valence-corrected chi connectivity index (χ1v) is 10.4. The van der Waals surface area contributed by atoms with Crippen LogP contribution in [-0.2, 0) is 17.4 Å². The fraction of sp³-hybridized carbons (Fsp3) is 0.409. The average molecular weight is 431 g/mol. The number of aryl methyl sites for hydroxylation is 1. The molecule has 0 aliphatic carbocycles. The number of rotatable bonds is 6. The van der Waals surface area contributed by atoms with Crippen molar-refractivity contribution in [3.05, 3.63) is 59.8 Å². The highest BCUT2D eigenvalue weighted by Crippen LogP contribution is 2.30. The predicted molar refractivity (Wildman–Crippen MR) is 111 cm³/mol. The van der Waals surface area contributed by atoms with Gasteiger partial charge in [0.15, 0.2) is 5.65 Å². The third-order valence-corrected chi connectivity index (χ3v) is 5.57. The van der Waals surface area contributed by atoms with Gasteiger partial charge in [-0.05, 0) is 43.4 Å². The van der Waals surface area contributed by atoms with Crippen LogP contribution in [-0.4, -0.2) is 40.1 Å². The summed E-state index contributed by atoms with van der Waals surface area (Å²) < 4.78 is 40.6. The molecule has 4 rings (SSSR count). The second-order valence-electron chi connectivity index (χ2n) is 7.81. The molecule has 1 aromatic carbocycles. The van der Waals surface area contributed by atoms with E-state index in [0.717, 1.165) is 37.9 Å². The second kappa shape index (κ2) is 8.95. The van der Waals surface area contributed by atoms with Crippen molar-refractivity contribution in [2.75, 3.05) is 24.5 Å². The highest BCUT2D eigenvalue weighted by atomic mass is 19.4. The van der Waals surface area contributed by atoms with Crippen LogP contribution < -0.4 is 10.2 Å². The van der Waals surface area contributed by atoms with E-state index in [0.29, 0.717) is 31.2 Å². The first kappa shape index (κ1) is 21.1. The molecule has 31 heavy (non-hydrogen) atoms. The normalized spacial score (nSPS) is 17.1. The molecule has 164 valence electrons. The van der Waals surface area contributed by atoms with Gasteiger partial charge in [0.25, 0.3) is 0 Å². The first-order chi connectivity index (χ1) is 14.9. The summed E-state index contributed by atoms with van der Waals surface area (Å²) in [5.74, 6) is 0.0777. The number of anilines is 1. The fourth-order valence-corrected chi connectivity index (χ4v) is 3.93. The van der Waals surface area contributed by atoms with E-state index >= 15 is 0 Å². The maximum Gasteiger partial charge on any atom is 0.417 e. The molecule has 0 spiro atoms. The predicted octanol–water partition coefficient (Wildman–Crippen LogP) is 3.71. The van der Waals surface area contributed by atoms with Crippen molar-refractivity contribution >= 4 is 17.5 Å². The molecule has 2 aromatic heterocycles. The van der Waals surface area contributed by atoms with Gasteiger partial charge in [-0.15, -0.1) is 10.2 Å². The van der Waals surface area contributed by atoms with Gasteiger partial charge in [0.05, 0.1) is 11.5 Å². The lowest BCUT2D eigenvalue weighted by Crippen LogP contribution is -2.44. The van der Waals surface area contributed by atoms with Gasteiger partial charge in [-0.3, -0.25) is 9.20 Å². The monoisotopic (exact) mass is 431 g/mol. The van der Waals surface area contributed by atoms with E-state index in [1.807, 2.05) is 23.1 Å². The molecule has 1 amide bonds. The number of carbonyl (C=O) groups excluding carboxylic acids is 1. The van der Waals surface area contributed by atoms with Gasteiger partial charge in [0, 0.05) is 25.8 Å². The van der Waals surface area contributed by atoms with Crippen molar-refractivity contribution in [3.8, 4) is 0 Å². The van der Waals surface area contributed by atoms with Gasteiger partial charge in [-0.1, -0.05) is 30.3 Å². The zero-order chi connectivity index (χ0) is 21.8. The Bertz CT molecular complexity index is 1030. The first-order valence-electron chi connectivity index (χ1n) is 10.4. The topological polar surface area (TPSA) is 62.5 Å². The zero-order valence-corrected chi connectivity index (χ0v) is 17.0. The molecule has 1 saturated heterocycles. The number of piperidine rings is 1. The van der Waals surface area contributed by atoms with E-state index in [-0.39, 0.29) is 11.8 Å². The van der Waals surface area contributed by atoms with Crippen molar-refractivity contribution in [3.63, 3.8) is 0 Å². The molecule has 1 unspecified atom stereocenters. The lowest BCUT2D eigenvalue weighted by atomic mass is 9.97. The van der Waals surface area contributed by atoms with Crippen LogP contribution >= 0.6 is 0 Å². The SMILES string of the molecule is O=C(NCCCc1ccccc1)C1CCCN(c2nnc3ccc(C(F)(F)F)cn23)C1. The van der Waals surface area contributed by atoms with Gasteiger partial charge < -0.3 is 10.2 Å².